The average Bonchev–Trinajstić information content (AvgIpc) is 2.90. The van der Waals surface area contributed by atoms with Crippen molar-refractivity contribution in [3.8, 4) is 0 Å². The molecule has 3 heteroatoms. The van der Waals surface area contributed by atoms with Gasteiger partial charge in [-0.15, -0.1) is 11.8 Å². The van der Waals surface area contributed by atoms with Gasteiger partial charge in [-0.1, -0.05) is 36.4 Å². The molecule has 0 aliphatic rings. The first kappa shape index (κ1) is 13.0. The number of rotatable bonds is 4. The largest absolute Gasteiger partial charge is 0.453 e. The summed E-state index contributed by atoms with van der Waals surface area (Å²) < 4.78 is 5.59. The summed E-state index contributed by atoms with van der Waals surface area (Å²) in [6.07, 6.45) is 0. The minimum atomic E-state index is 0.0226. The number of Topliss-reactive ketones (excluding diaryl/α,β-unsaturated/α-hetero) is 1. The van der Waals surface area contributed by atoms with Gasteiger partial charge in [-0.05, 0) is 30.7 Å². The number of hydrogen-bond donors (Lipinski definition) is 0. The smallest absolute Gasteiger partial charge is 0.208 e. The normalized spacial score (nSPS) is 10.8. The summed E-state index contributed by atoms with van der Waals surface area (Å²) in [5.41, 5.74) is 1.95. The first-order valence-electron chi connectivity index (χ1n) is 6.44. The fraction of sp³-hybridized carbons (Fsp3) is 0.118. The van der Waals surface area contributed by atoms with E-state index in [0.29, 0.717) is 11.5 Å². The molecule has 3 aromatic rings. The molecule has 100 valence electrons. The van der Waals surface area contributed by atoms with E-state index in [9.17, 15) is 4.79 Å². The van der Waals surface area contributed by atoms with E-state index in [1.807, 2.05) is 61.5 Å². The van der Waals surface area contributed by atoms with Crippen molar-refractivity contribution in [2.75, 3.05) is 5.75 Å². The molecule has 0 N–H and O–H groups in total. The molecule has 0 atom stereocenters. The molecule has 0 spiro atoms. The summed E-state index contributed by atoms with van der Waals surface area (Å²) >= 11 is 1.55. The van der Waals surface area contributed by atoms with Crippen molar-refractivity contribution in [1.29, 1.82) is 0 Å². The summed E-state index contributed by atoms with van der Waals surface area (Å²) in [4.78, 5) is 13.3. The summed E-state index contributed by atoms with van der Waals surface area (Å²) in [7, 11) is 0. The number of hydrogen-bond acceptors (Lipinski definition) is 3. The lowest BCUT2D eigenvalue weighted by Gasteiger charge is -2.03. The molecule has 2 nitrogen and oxygen atoms in total. The Morgan fingerprint density at radius 1 is 1.10 bits per heavy atom. The van der Waals surface area contributed by atoms with Crippen molar-refractivity contribution in [3.63, 3.8) is 0 Å². The predicted molar refractivity (Wildman–Crippen MR) is 82.4 cm³/mol. The van der Waals surface area contributed by atoms with Gasteiger partial charge in [0.15, 0.2) is 5.76 Å². The molecule has 0 fully saturated rings. The van der Waals surface area contributed by atoms with Crippen LogP contribution in [0.2, 0.25) is 0 Å². The second-order valence-corrected chi connectivity index (χ2v) is 5.64. The third-order valence-corrected chi connectivity index (χ3v) is 4.33. The SMILES string of the molecule is Cc1ccccc1SCC(=O)c1cc2ccccc2o1. The van der Waals surface area contributed by atoms with E-state index in [4.69, 9.17) is 4.42 Å². The molecule has 0 saturated heterocycles. The Balaban J connectivity index is 1.75. The Bertz CT molecular complexity index is 725. The Morgan fingerprint density at radius 3 is 2.65 bits per heavy atom. The highest BCUT2D eigenvalue weighted by Crippen LogP contribution is 2.24. The highest BCUT2D eigenvalue weighted by atomic mass is 32.2. The Hall–Kier alpha value is -2.00. The maximum atomic E-state index is 12.2. The molecule has 0 saturated carbocycles. The number of ketones is 1. The lowest BCUT2D eigenvalue weighted by Crippen LogP contribution is -2.00. The van der Waals surface area contributed by atoms with E-state index < -0.39 is 0 Å². The summed E-state index contributed by atoms with van der Waals surface area (Å²) in [6, 6.07) is 17.6. The number of aryl methyl sites for hydroxylation is 1. The maximum Gasteiger partial charge on any atom is 0.208 e. The molecule has 0 amide bonds. The van der Waals surface area contributed by atoms with Gasteiger partial charge in [-0.3, -0.25) is 4.79 Å². The molecule has 20 heavy (non-hydrogen) atoms. The van der Waals surface area contributed by atoms with Gasteiger partial charge in [0.05, 0.1) is 5.75 Å². The van der Waals surface area contributed by atoms with Gasteiger partial charge >= 0.3 is 0 Å². The van der Waals surface area contributed by atoms with E-state index in [2.05, 4.69) is 0 Å². The molecule has 0 unspecified atom stereocenters. The number of benzene rings is 2. The van der Waals surface area contributed by atoms with Crippen molar-refractivity contribution in [1.82, 2.24) is 0 Å². The molecule has 1 heterocycles. The molecular weight excluding hydrogens is 268 g/mol. The molecule has 2 aromatic carbocycles. The van der Waals surface area contributed by atoms with Crippen LogP contribution in [0, 0.1) is 6.92 Å². The predicted octanol–water partition coefficient (Wildman–Crippen LogP) is 4.72. The van der Waals surface area contributed by atoms with Crippen LogP contribution < -0.4 is 0 Å². The van der Waals surface area contributed by atoms with Crippen LogP contribution in [0.1, 0.15) is 16.1 Å². The van der Waals surface area contributed by atoms with Crippen LogP contribution in [-0.4, -0.2) is 11.5 Å². The summed E-state index contributed by atoms with van der Waals surface area (Å²) in [5, 5.41) is 0.969. The summed E-state index contributed by atoms with van der Waals surface area (Å²) in [5.74, 6) is 0.853. The van der Waals surface area contributed by atoms with Gasteiger partial charge in [0.25, 0.3) is 0 Å². The molecule has 0 aliphatic carbocycles. The summed E-state index contributed by atoms with van der Waals surface area (Å²) in [6.45, 7) is 2.05. The third-order valence-electron chi connectivity index (χ3n) is 3.15. The first-order chi connectivity index (χ1) is 9.74. The van der Waals surface area contributed by atoms with E-state index in [0.717, 1.165) is 15.9 Å². The van der Waals surface area contributed by atoms with Crippen LogP contribution in [-0.2, 0) is 0 Å². The Kier molecular flexibility index (Phi) is 3.61. The molecular formula is C17H14O2S. The van der Waals surface area contributed by atoms with E-state index >= 15 is 0 Å². The Labute approximate surface area is 121 Å². The van der Waals surface area contributed by atoms with Crippen molar-refractivity contribution in [3.05, 3.63) is 65.9 Å². The quantitative estimate of drug-likeness (QED) is 0.512. The number of carbonyl (C=O) groups is 1. The number of carbonyl (C=O) groups excluding carboxylic acids is 1. The van der Waals surface area contributed by atoms with Crippen LogP contribution >= 0.6 is 11.8 Å². The lowest BCUT2D eigenvalue weighted by molar-refractivity contribution is 0.0994. The number of furan rings is 1. The van der Waals surface area contributed by atoms with Crippen LogP contribution in [0.4, 0.5) is 0 Å². The van der Waals surface area contributed by atoms with Gasteiger partial charge in [0, 0.05) is 10.3 Å². The highest BCUT2D eigenvalue weighted by molar-refractivity contribution is 8.00. The standard InChI is InChI=1S/C17H14O2S/c1-12-6-2-5-9-17(12)20-11-14(18)16-10-13-7-3-4-8-15(13)19-16/h2-10H,11H2,1H3. The molecule has 3 rings (SSSR count). The third kappa shape index (κ3) is 2.63. The zero-order valence-corrected chi connectivity index (χ0v) is 11.9. The average molecular weight is 282 g/mol. The molecule has 0 aliphatic heterocycles. The number of para-hydroxylation sites is 1. The van der Waals surface area contributed by atoms with Gasteiger partial charge in [-0.25, -0.2) is 0 Å². The van der Waals surface area contributed by atoms with Gasteiger partial charge in [0.2, 0.25) is 5.78 Å². The second-order valence-electron chi connectivity index (χ2n) is 4.63. The zero-order valence-electron chi connectivity index (χ0n) is 11.1. The number of thioether (sulfide) groups is 1. The molecule has 1 aromatic heterocycles. The van der Waals surface area contributed by atoms with Crippen molar-refractivity contribution in [2.45, 2.75) is 11.8 Å². The molecule has 0 bridgehead atoms. The number of fused-ring (bicyclic) bond motifs is 1. The fourth-order valence-corrected chi connectivity index (χ4v) is 2.95. The zero-order chi connectivity index (χ0) is 13.9. The van der Waals surface area contributed by atoms with E-state index in [-0.39, 0.29) is 5.78 Å². The van der Waals surface area contributed by atoms with Crippen molar-refractivity contribution in [2.24, 2.45) is 0 Å². The van der Waals surface area contributed by atoms with Crippen molar-refractivity contribution >= 4 is 28.5 Å². The minimum absolute atomic E-state index is 0.0226. The minimum Gasteiger partial charge on any atom is -0.453 e. The van der Waals surface area contributed by atoms with Gasteiger partial charge in [0.1, 0.15) is 5.58 Å². The van der Waals surface area contributed by atoms with Crippen molar-refractivity contribution < 1.29 is 9.21 Å². The topological polar surface area (TPSA) is 30.2 Å². The van der Waals surface area contributed by atoms with Crippen LogP contribution in [0.3, 0.4) is 0 Å². The van der Waals surface area contributed by atoms with E-state index in [1.54, 1.807) is 11.8 Å². The molecule has 0 radical (unpaired) electrons. The van der Waals surface area contributed by atoms with Gasteiger partial charge < -0.3 is 4.42 Å². The fourth-order valence-electron chi connectivity index (χ4n) is 2.05. The lowest BCUT2D eigenvalue weighted by atomic mass is 10.2. The van der Waals surface area contributed by atoms with Crippen LogP contribution in [0.15, 0.2) is 63.9 Å². The Morgan fingerprint density at radius 2 is 1.85 bits per heavy atom. The van der Waals surface area contributed by atoms with Gasteiger partial charge in [-0.2, -0.15) is 0 Å². The highest BCUT2D eigenvalue weighted by Gasteiger charge is 2.12. The van der Waals surface area contributed by atoms with E-state index in [1.165, 1.54) is 5.56 Å². The monoisotopic (exact) mass is 282 g/mol. The maximum absolute atomic E-state index is 12.2. The van der Waals surface area contributed by atoms with Crippen LogP contribution in [0.5, 0.6) is 0 Å². The second kappa shape index (κ2) is 5.55. The van der Waals surface area contributed by atoms with Crippen LogP contribution in [0.25, 0.3) is 11.0 Å². The first-order valence-corrected chi connectivity index (χ1v) is 7.43.